The Balaban J connectivity index is 1.89. The van der Waals surface area contributed by atoms with E-state index in [-0.39, 0.29) is 24.5 Å². The summed E-state index contributed by atoms with van der Waals surface area (Å²) in [4.78, 5) is 28.7. The first kappa shape index (κ1) is 27.0. The molecule has 3 aromatic rings. The van der Waals surface area contributed by atoms with Gasteiger partial charge in [-0.2, -0.15) is 0 Å². The third-order valence-corrected chi connectivity index (χ3v) is 6.21. The van der Waals surface area contributed by atoms with Crippen LogP contribution in [-0.4, -0.2) is 35.4 Å². The van der Waals surface area contributed by atoms with Crippen LogP contribution in [-0.2, 0) is 22.6 Å². The molecule has 1 N–H and O–H groups in total. The number of hydrogen-bond acceptors (Lipinski definition) is 3. The molecule has 2 amide bonds. The number of aryl methyl sites for hydroxylation is 1. The Labute approximate surface area is 215 Å². The highest BCUT2D eigenvalue weighted by atomic mass is 16.5. The average Bonchev–Trinajstić information content (AvgIpc) is 2.86. The van der Waals surface area contributed by atoms with Gasteiger partial charge in [0.25, 0.3) is 5.91 Å². The molecule has 0 unspecified atom stereocenters. The van der Waals surface area contributed by atoms with Crippen molar-refractivity contribution in [3.05, 3.63) is 101 Å². The van der Waals surface area contributed by atoms with Crippen molar-refractivity contribution in [1.29, 1.82) is 0 Å². The van der Waals surface area contributed by atoms with Crippen molar-refractivity contribution in [3.8, 4) is 5.75 Å². The molecule has 0 spiro atoms. The summed E-state index contributed by atoms with van der Waals surface area (Å²) in [6.07, 6.45) is 0.417. The predicted octanol–water partition coefficient (Wildman–Crippen LogP) is 5.66. The molecule has 3 aromatic carbocycles. The third-order valence-electron chi connectivity index (χ3n) is 6.21. The first-order valence-corrected chi connectivity index (χ1v) is 12.7. The highest BCUT2D eigenvalue weighted by Gasteiger charge is 2.31. The molecule has 36 heavy (non-hydrogen) atoms. The number of carbonyl (C=O) groups is 2. The Hall–Kier alpha value is -3.60. The van der Waals surface area contributed by atoms with Crippen molar-refractivity contribution in [1.82, 2.24) is 10.2 Å². The number of benzene rings is 3. The monoisotopic (exact) mass is 486 g/mol. The van der Waals surface area contributed by atoms with Crippen LogP contribution in [0.4, 0.5) is 0 Å². The second-order valence-electron chi connectivity index (χ2n) is 9.83. The van der Waals surface area contributed by atoms with E-state index in [0.29, 0.717) is 24.6 Å². The fraction of sp³-hybridized carbons (Fsp3) is 0.355. The lowest BCUT2D eigenvalue weighted by atomic mass is 10.0. The summed E-state index contributed by atoms with van der Waals surface area (Å²) >= 11 is 0. The second-order valence-corrected chi connectivity index (χ2v) is 9.83. The minimum absolute atomic E-state index is 0.0399. The van der Waals surface area contributed by atoms with Gasteiger partial charge in [0.15, 0.2) is 6.61 Å². The third kappa shape index (κ3) is 7.70. The van der Waals surface area contributed by atoms with Crippen molar-refractivity contribution in [3.63, 3.8) is 0 Å². The van der Waals surface area contributed by atoms with E-state index in [0.717, 1.165) is 16.7 Å². The van der Waals surface area contributed by atoms with Gasteiger partial charge in [-0.05, 0) is 61.1 Å². The summed E-state index contributed by atoms with van der Waals surface area (Å²) in [5.41, 5.74) is 4.28. The number of nitrogens with zero attached hydrogens (tertiary/aromatic N) is 1. The van der Waals surface area contributed by atoms with E-state index in [4.69, 9.17) is 4.74 Å². The highest BCUT2D eigenvalue weighted by Crippen LogP contribution is 2.20. The molecule has 3 rings (SSSR count). The molecule has 0 saturated carbocycles. The van der Waals surface area contributed by atoms with Crippen LogP contribution in [0.5, 0.6) is 5.75 Å². The fourth-order valence-electron chi connectivity index (χ4n) is 4.08. The molecular weight excluding hydrogens is 448 g/mol. The van der Waals surface area contributed by atoms with Crippen LogP contribution < -0.4 is 10.1 Å². The lowest BCUT2D eigenvalue weighted by Gasteiger charge is -2.32. The van der Waals surface area contributed by atoms with Gasteiger partial charge >= 0.3 is 0 Å². The molecule has 1 atom stereocenters. The smallest absolute Gasteiger partial charge is 0.261 e. The van der Waals surface area contributed by atoms with Crippen molar-refractivity contribution < 1.29 is 14.3 Å². The van der Waals surface area contributed by atoms with Crippen molar-refractivity contribution >= 4 is 11.8 Å². The average molecular weight is 487 g/mol. The maximum Gasteiger partial charge on any atom is 0.261 e. The zero-order valence-corrected chi connectivity index (χ0v) is 22.0. The van der Waals surface area contributed by atoms with Crippen molar-refractivity contribution in [2.24, 2.45) is 0 Å². The van der Waals surface area contributed by atoms with Crippen LogP contribution in [0.15, 0.2) is 78.9 Å². The molecule has 0 fully saturated rings. The van der Waals surface area contributed by atoms with Gasteiger partial charge in [-0.1, -0.05) is 80.6 Å². The lowest BCUT2D eigenvalue weighted by molar-refractivity contribution is -0.143. The molecule has 0 aliphatic rings. The van der Waals surface area contributed by atoms with E-state index in [1.807, 2.05) is 99.6 Å². The number of amides is 2. The van der Waals surface area contributed by atoms with Gasteiger partial charge in [0.2, 0.25) is 5.91 Å². The fourth-order valence-corrected chi connectivity index (χ4v) is 4.08. The summed E-state index contributed by atoms with van der Waals surface area (Å²) in [5.74, 6) is 0.654. The number of carbonyl (C=O) groups excluding carboxylic acids is 2. The first-order chi connectivity index (χ1) is 17.2. The summed E-state index contributed by atoms with van der Waals surface area (Å²) in [5, 5.41) is 3.02. The minimum Gasteiger partial charge on any atom is -0.484 e. The van der Waals surface area contributed by atoms with E-state index in [2.05, 4.69) is 19.2 Å². The van der Waals surface area contributed by atoms with E-state index >= 15 is 0 Å². The maximum absolute atomic E-state index is 13.7. The Bertz CT molecular complexity index is 1120. The Morgan fingerprint density at radius 3 is 2.11 bits per heavy atom. The summed E-state index contributed by atoms with van der Waals surface area (Å²) in [6, 6.07) is 24.9. The molecule has 0 aliphatic heterocycles. The minimum atomic E-state index is -0.672. The number of nitrogens with one attached hydrogen (secondary N) is 1. The summed E-state index contributed by atoms with van der Waals surface area (Å²) < 4.78 is 5.89. The van der Waals surface area contributed by atoms with Gasteiger partial charge in [0, 0.05) is 19.0 Å². The Morgan fingerprint density at radius 2 is 1.50 bits per heavy atom. The number of ether oxygens (including phenoxy) is 1. The molecule has 5 nitrogen and oxygen atoms in total. The van der Waals surface area contributed by atoms with Crippen LogP contribution in [0.3, 0.4) is 0 Å². The van der Waals surface area contributed by atoms with Crippen molar-refractivity contribution in [2.75, 3.05) is 6.61 Å². The van der Waals surface area contributed by atoms with E-state index < -0.39 is 6.04 Å². The summed E-state index contributed by atoms with van der Waals surface area (Å²) in [7, 11) is 0. The van der Waals surface area contributed by atoms with Crippen molar-refractivity contribution in [2.45, 2.75) is 65.6 Å². The second kappa shape index (κ2) is 12.9. The molecule has 0 heterocycles. The van der Waals surface area contributed by atoms with E-state index in [1.165, 1.54) is 5.56 Å². The molecule has 0 saturated heterocycles. The maximum atomic E-state index is 13.7. The normalized spacial score (nSPS) is 11.9. The number of hydrogen-bond donors (Lipinski definition) is 1. The van der Waals surface area contributed by atoms with Gasteiger partial charge in [0.1, 0.15) is 11.8 Å². The van der Waals surface area contributed by atoms with Gasteiger partial charge in [-0.3, -0.25) is 9.59 Å². The molecule has 0 bridgehead atoms. The standard InChI is InChI=1S/C31H38N2O3/c1-22(2)26-15-17-28(18-16-26)36-21-30(34)33(20-27-14-10-9-11-24(27)5)29(31(35)32-23(3)4)19-25-12-7-6-8-13-25/h6-18,22-23,29H,19-21H2,1-5H3,(H,32,35)/t29-/m1/s1. The van der Waals surface area contributed by atoms with E-state index in [1.54, 1.807) is 4.90 Å². The molecule has 0 aromatic heterocycles. The van der Waals surface area contributed by atoms with Gasteiger partial charge in [0.05, 0.1) is 0 Å². The number of rotatable bonds is 11. The Kier molecular flexibility index (Phi) is 9.69. The van der Waals surface area contributed by atoms with Crippen LogP contribution in [0.2, 0.25) is 0 Å². The highest BCUT2D eigenvalue weighted by molar-refractivity contribution is 5.88. The molecule has 5 heteroatoms. The topological polar surface area (TPSA) is 58.6 Å². The van der Waals surface area contributed by atoms with Crippen LogP contribution in [0, 0.1) is 6.92 Å². The van der Waals surface area contributed by atoms with Gasteiger partial charge in [-0.15, -0.1) is 0 Å². The van der Waals surface area contributed by atoms with Crippen LogP contribution >= 0.6 is 0 Å². The molecule has 190 valence electrons. The first-order valence-electron chi connectivity index (χ1n) is 12.7. The quantitative estimate of drug-likeness (QED) is 0.380. The van der Waals surface area contributed by atoms with Gasteiger partial charge in [-0.25, -0.2) is 0 Å². The van der Waals surface area contributed by atoms with E-state index in [9.17, 15) is 9.59 Å². The predicted molar refractivity (Wildman–Crippen MR) is 145 cm³/mol. The van der Waals surface area contributed by atoms with Gasteiger partial charge < -0.3 is 15.0 Å². The Morgan fingerprint density at radius 1 is 0.861 bits per heavy atom. The zero-order chi connectivity index (χ0) is 26.1. The zero-order valence-electron chi connectivity index (χ0n) is 22.0. The lowest BCUT2D eigenvalue weighted by Crippen LogP contribution is -2.52. The van der Waals surface area contributed by atoms with Crippen LogP contribution in [0.1, 0.15) is 55.9 Å². The van der Waals surface area contributed by atoms with Crippen LogP contribution in [0.25, 0.3) is 0 Å². The molecule has 0 radical (unpaired) electrons. The summed E-state index contributed by atoms with van der Waals surface area (Å²) in [6.45, 7) is 10.3. The molecular formula is C31H38N2O3. The largest absolute Gasteiger partial charge is 0.484 e. The molecule has 0 aliphatic carbocycles. The SMILES string of the molecule is Cc1ccccc1CN(C(=O)COc1ccc(C(C)C)cc1)[C@H](Cc1ccccc1)C(=O)NC(C)C.